The third kappa shape index (κ3) is 5.85. The molecule has 0 saturated heterocycles. The molecule has 0 spiro atoms. The fourth-order valence-corrected chi connectivity index (χ4v) is 1.96. The molecule has 0 aliphatic rings. The second kappa shape index (κ2) is 8.26. The van der Waals surface area contributed by atoms with E-state index in [1.807, 2.05) is 18.2 Å². The average molecular weight is 234 g/mol. The van der Waals surface area contributed by atoms with E-state index in [0.717, 1.165) is 13.0 Å². The lowest BCUT2D eigenvalue weighted by Crippen LogP contribution is -2.29. The van der Waals surface area contributed by atoms with E-state index in [4.69, 9.17) is 5.73 Å². The molecule has 2 nitrogen and oxygen atoms in total. The molecule has 0 fully saturated rings. The highest BCUT2D eigenvalue weighted by atomic mass is 14.9. The van der Waals surface area contributed by atoms with E-state index < -0.39 is 0 Å². The monoisotopic (exact) mass is 234 g/mol. The molecule has 0 amide bonds. The molecule has 0 radical (unpaired) electrons. The minimum Gasteiger partial charge on any atom is -0.324 e. The van der Waals surface area contributed by atoms with Crippen molar-refractivity contribution in [1.29, 1.82) is 0 Å². The average Bonchev–Trinajstić information content (AvgIpc) is 2.37. The minimum atomic E-state index is 0.155. The predicted molar refractivity (Wildman–Crippen MR) is 75.0 cm³/mol. The molecule has 3 N–H and O–H groups in total. The highest BCUT2D eigenvalue weighted by Gasteiger charge is 2.06. The molecular formula is C15H26N2. The lowest BCUT2D eigenvalue weighted by molar-refractivity contribution is 0.473. The van der Waals surface area contributed by atoms with Gasteiger partial charge in [0, 0.05) is 12.1 Å². The van der Waals surface area contributed by atoms with Gasteiger partial charge in [0.25, 0.3) is 0 Å². The van der Waals surface area contributed by atoms with Crippen LogP contribution in [0.3, 0.4) is 0 Å². The summed E-state index contributed by atoms with van der Waals surface area (Å²) in [6, 6.07) is 11.1. The van der Waals surface area contributed by atoms with Crippen LogP contribution in [0.5, 0.6) is 0 Å². The Balaban J connectivity index is 2.18. The molecule has 0 bridgehead atoms. The maximum absolute atomic E-state index is 6.14. The Kier molecular flexibility index (Phi) is 6.90. The summed E-state index contributed by atoms with van der Waals surface area (Å²) in [6.07, 6.45) is 4.84. The van der Waals surface area contributed by atoms with Crippen molar-refractivity contribution in [3.8, 4) is 0 Å². The Morgan fingerprint density at radius 3 is 2.53 bits per heavy atom. The van der Waals surface area contributed by atoms with Crippen LogP contribution < -0.4 is 11.1 Å². The molecule has 0 aromatic heterocycles. The smallest absolute Gasteiger partial charge is 0.0306 e. The van der Waals surface area contributed by atoms with Gasteiger partial charge in [-0.3, -0.25) is 0 Å². The van der Waals surface area contributed by atoms with Crippen molar-refractivity contribution in [2.45, 2.75) is 51.6 Å². The van der Waals surface area contributed by atoms with E-state index in [2.05, 4.69) is 31.3 Å². The molecule has 17 heavy (non-hydrogen) atoms. The second-order valence-corrected chi connectivity index (χ2v) is 4.80. The number of unbranched alkanes of at least 4 members (excludes halogenated alkanes) is 1. The van der Waals surface area contributed by atoms with Crippen molar-refractivity contribution in [2.24, 2.45) is 5.73 Å². The van der Waals surface area contributed by atoms with Crippen LogP contribution in [0, 0.1) is 0 Å². The molecule has 0 aliphatic heterocycles. The van der Waals surface area contributed by atoms with Gasteiger partial charge in [-0.15, -0.1) is 0 Å². The van der Waals surface area contributed by atoms with Gasteiger partial charge < -0.3 is 11.1 Å². The van der Waals surface area contributed by atoms with E-state index in [-0.39, 0.29) is 6.04 Å². The molecule has 0 saturated carbocycles. The molecule has 0 heterocycles. The second-order valence-electron chi connectivity index (χ2n) is 4.80. The molecule has 96 valence electrons. The molecule has 0 aliphatic carbocycles. The largest absolute Gasteiger partial charge is 0.324 e. The molecular weight excluding hydrogens is 208 g/mol. The maximum Gasteiger partial charge on any atom is 0.0306 e. The van der Waals surface area contributed by atoms with Gasteiger partial charge in [-0.05, 0) is 31.9 Å². The number of nitrogens with two attached hydrogens (primary N) is 1. The molecule has 1 aromatic rings. The highest BCUT2D eigenvalue weighted by molar-refractivity contribution is 5.18. The van der Waals surface area contributed by atoms with Crippen molar-refractivity contribution in [2.75, 3.05) is 6.54 Å². The molecule has 2 atom stereocenters. The van der Waals surface area contributed by atoms with Crippen molar-refractivity contribution < 1.29 is 0 Å². The summed E-state index contributed by atoms with van der Waals surface area (Å²) in [4.78, 5) is 0. The van der Waals surface area contributed by atoms with Crippen LogP contribution in [0.15, 0.2) is 30.3 Å². The Bertz CT molecular complexity index is 284. The Morgan fingerprint density at radius 2 is 1.88 bits per heavy atom. The minimum absolute atomic E-state index is 0.155. The van der Waals surface area contributed by atoms with Crippen LogP contribution in [0.2, 0.25) is 0 Å². The summed E-state index contributed by atoms with van der Waals surface area (Å²) in [7, 11) is 0. The zero-order chi connectivity index (χ0) is 12.5. The number of nitrogens with one attached hydrogen (secondary N) is 1. The van der Waals surface area contributed by atoms with Crippen LogP contribution in [0.25, 0.3) is 0 Å². The first-order valence-corrected chi connectivity index (χ1v) is 6.78. The van der Waals surface area contributed by atoms with E-state index in [9.17, 15) is 0 Å². The van der Waals surface area contributed by atoms with Gasteiger partial charge >= 0.3 is 0 Å². The first-order chi connectivity index (χ1) is 8.24. The van der Waals surface area contributed by atoms with Gasteiger partial charge in [-0.1, -0.05) is 50.1 Å². The summed E-state index contributed by atoms with van der Waals surface area (Å²) < 4.78 is 0. The number of benzene rings is 1. The van der Waals surface area contributed by atoms with Crippen LogP contribution in [0.4, 0.5) is 0 Å². The van der Waals surface area contributed by atoms with E-state index in [0.29, 0.717) is 6.04 Å². The quantitative estimate of drug-likeness (QED) is 0.724. The van der Waals surface area contributed by atoms with Gasteiger partial charge in [0.1, 0.15) is 0 Å². The lowest BCUT2D eigenvalue weighted by Gasteiger charge is -2.16. The van der Waals surface area contributed by atoms with Gasteiger partial charge in [-0.2, -0.15) is 0 Å². The molecule has 2 unspecified atom stereocenters. The maximum atomic E-state index is 6.14. The number of rotatable bonds is 8. The van der Waals surface area contributed by atoms with Crippen molar-refractivity contribution in [3.05, 3.63) is 35.9 Å². The predicted octanol–water partition coefficient (Wildman–Crippen LogP) is 3.24. The van der Waals surface area contributed by atoms with Gasteiger partial charge in [0.2, 0.25) is 0 Å². The Morgan fingerprint density at radius 1 is 1.18 bits per heavy atom. The van der Waals surface area contributed by atoms with E-state index in [1.54, 1.807) is 0 Å². The fraction of sp³-hybridized carbons (Fsp3) is 0.600. The topological polar surface area (TPSA) is 38.0 Å². The Labute approximate surface area is 106 Å². The molecule has 1 aromatic carbocycles. The first kappa shape index (κ1) is 14.2. The Hall–Kier alpha value is -0.860. The number of hydrogen-bond donors (Lipinski definition) is 2. The third-order valence-electron chi connectivity index (χ3n) is 3.17. The number of hydrogen-bond acceptors (Lipinski definition) is 2. The van der Waals surface area contributed by atoms with Crippen LogP contribution in [-0.4, -0.2) is 12.6 Å². The lowest BCUT2D eigenvalue weighted by atomic mass is 10.0. The molecule has 1 rings (SSSR count). The normalized spacial score (nSPS) is 14.5. The summed E-state index contributed by atoms with van der Waals surface area (Å²) in [6.45, 7) is 5.49. The van der Waals surface area contributed by atoms with Gasteiger partial charge in [0.15, 0.2) is 0 Å². The highest BCUT2D eigenvalue weighted by Crippen LogP contribution is 2.12. The summed E-state index contributed by atoms with van der Waals surface area (Å²) >= 11 is 0. The molecule has 2 heteroatoms. The van der Waals surface area contributed by atoms with Crippen LogP contribution in [0.1, 0.15) is 51.1 Å². The standard InChI is InChI=1S/C15H26N2/c1-3-4-8-13(2)17-12-11-15(16)14-9-6-5-7-10-14/h5-7,9-10,13,15,17H,3-4,8,11-12,16H2,1-2H3. The van der Waals surface area contributed by atoms with E-state index >= 15 is 0 Å². The van der Waals surface area contributed by atoms with Crippen LogP contribution >= 0.6 is 0 Å². The fourth-order valence-electron chi connectivity index (χ4n) is 1.96. The van der Waals surface area contributed by atoms with Crippen molar-refractivity contribution >= 4 is 0 Å². The third-order valence-corrected chi connectivity index (χ3v) is 3.17. The SMILES string of the molecule is CCCCC(C)NCCC(N)c1ccccc1. The van der Waals surface area contributed by atoms with Gasteiger partial charge in [0.05, 0.1) is 0 Å². The summed E-state index contributed by atoms with van der Waals surface area (Å²) in [5.41, 5.74) is 7.37. The first-order valence-electron chi connectivity index (χ1n) is 6.78. The van der Waals surface area contributed by atoms with Gasteiger partial charge in [-0.25, -0.2) is 0 Å². The van der Waals surface area contributed by atoms with Crippen LogP contribution in [-0.2, 0) is 0 Å². The summed E-state index contributed by atoms with van der Waals surface area (Å²) in [5.74, 6) is 0. The van der Waals surface area contributed by atoms with Crippen molar-refractivity contribution in [1.82, 2.24) is 5.32 Å². The summed E-state index contributed by atoms with van der Waals surface area (Å²) in [5, 5.41) is 3.54. The van der Waals surface area contributed by atoms with E-state index in [1.165, 1.54) is 24.8 Å². The van der Waals surface area contributed by atoms with Crippen molar-refractivity contribution in [3.63, 3.8) is 0 Å². The zero-order valence-electron chi connectivity index (χ0n) is 11.2. The zero-order valence-corrected chi connectivity index (χ0v) is 11.2.